The third kappa shape index (κ3) is 3.47. The molecule has 15 heavy (non-hydrogen) atoms. The maximum absolute atomic E-state index is 10.6. The van der Waals surface area contributed by atoms with Gasteiger partial charge in [-0.25, -0.2) is 14.4 Å². The average molecular weight is 212 g/mol. The number of hydrogen-bond donors (Lipinski definition) is 3. The van der Waals surface area contributed by atoms with E-state index in [9.17, 15) is 14.4 Å². The smallest absolute Gasteiger partial charge is 0.336 e. The molecule has 0 bridgehead atoms. The Labute approximate surface area is 84.5 Å². The Kier molecular flexibility index (Phi) is 4.00. The molecule has 0 aromatic rings. The van der Waals surface area contributed by atoms with Gasteiger partial charge >= 0.3 is 17.9 Å². The van der Waals surface area contributed by atoms with Gasteiger partial charge in [-0.1, -0.05) is 13.2 Å². The van der Waals surface area contributed by atoms with Gasteiger partial charge in [0.15, 0.2) is 0 Å². The molecule has 0 aliphatic heterocycles. The van der Waals surface area contributed by atoms with Crippen LogP contribution in [0, 0.1) is 0 Å². The van der Waals surface area contributed by atoms with Gasteiger partial charge in [-0.2, -0.15) is 0 Å². The zero-order valence-electron chi connectivity index (χ0n) is 7.56. The van der Waals surface area contributed by atoms with E-state index in [2.05, 4.69) is 13.2 Å². The number of aliphatic carboxylic acids is 3. The Hall–Kier alpha value is -2.37. The SMILES string of the molecule is C=C(C=C(C(=C)C(=O)O)C(=O)O)C(=O)O. The summed E-state index contributed by atoms with van der Waals surface area (Å²) in [5.41, 5.74) is -1.95. The van der Waals surface area contributed by atoms with Crippen LogP contribution in [0.3, 0.4) is 0 Å². The Balaban J connectivity index is 5.25. The standard InChI is InChI=1S/C9H8O6/c1-4(7(10)11)3-6(9(14)15)5(2)8(12)13/h3H,1-2H2,(H,10,11)(H,12,13)(H,14,15). The van der Waals surface area contributed by atoms with Crippen molar-refractivity contribution in [1.29, 1.82) is 0 Å². The van der Waals surface area contributed by atoms with Gasteiger partial charge in [0.25, 0.3) is 0 Å². The van der Waals surface area contributed by atoms with Crippen molar-refractivity contribution in [3.05, 3.63) is 36.0 Å². The zero-order valence-corrected chi connectivity index (χ0v) is 7.56. The Morgan fingerprint density at radius 2 is 1.33 bits per heavy atom. The second kappa shape index (κ2) is 4.75. The van der Waals surface area contributed by atoms with E-state index in [0.29, 0.717) is 6.08 Å². The minimum Gasteiger partial charge on any atom is -0.478 e. The minimum atomic E-state index is -1.58. The molecule has 0 atom stereocenters. The second-order valence-electron chi connectivity index (χ2n) is 2.48. The molecule has 0 aliphatic rings. The molecule has 0 rings (SSSR count). The summed E-state index contributed by atoms with van der Waals surface area (Å²) in [6, 6.07) is 0. The maximum Gasteiger partial charge on any atom is 0.336 e. The van der Waals surface area contributed by atoms with Crippen molar-refractivity contribution in [2.75, 3.05) is 0 Å². The number of carbonyl (C=O) groups is 3. The number of carboxylic acid groups (broad SMARTS) is 3. The van der Waals surface area contributed by atoms with Crippen LogP contribution in [0.4, 0.5) is 0 Å². The normalized spacial score (nSPS) is 10.5. The van der Waals surface area contributed by atoms with Gasteiger partial charge in [0.05, 0.1) is 16.7 Å². The molecule has 0 radical (unpaired) electrons. The lowest BCUT2D eigenvalue weighted by molar-refractivity contribution is -0.136. The van der Waals surface area contributed by atoms with Crippen LogP contribution >= 0.6 is 0 Å². The molecule has 0 unspecified atom stereocenters. The molecule has 0 saturated carbocycles. The molecule has 6 heteroatoms. The third-order valence-corrected chi connectivity index (χ3v) is 1.41. The van der Waals surface area contributed by atoms with Crippen LogP contribution in [0.1, 0.15) is 0 Å². The van der Waals surface area contributed by atoms with Crippen LogP contribution in [0.2, 0.25) is 0 Å². The molecule has 0 fully saturated rings. The third-order valence-electron chi connectivity index (χ3n) is 1.41. The fourth-order valence-corrected chi connectivity index (χ4v) is 0.629. The molecule has 0 heterocycles. The van der Waals surface area contributed by atoms with Gasteiger partial charge in [-0.3, -0.25) is 0 Å². The zero-order chi connectivity index (χ0) is 12.2. The summed E-state index contributed by atoms with van der Waals surface area (Å²) < 4.78 is 0. The van der Waals surface area contributed by atoms with E-state index < -0.39 is 34.6 Å². The first-order chi connectivity index (χ1) is 6.77. The van der Waals surface area contributed by atoms with Crippen molar-refractivity contribution in [2.45, 2.75) is 0 Å². The van der Waals surface area contributed by atoms with E-state index >= 15 is 0 Å². The van der Waals surface area contributed by atoms with E-state index in [1.807, 2.05) is 0 Å². The summed E-state index contributed by atoms with van der Waals surface area (Å²) in [6.07, 6.45) is 0.640. The van der Waals surface area contributed by atoms with E-state index in [0.717, 1.165) is 0 Å². The summed E-state index contributed by atoms with van der Waals surface area (Å²) in [5, 5.41) is 25.5. The van der Waals surface area contributed by atoms with Crippen molar-refractivity contribution in [2.24, 2.45) is 0 Å². The lowest BCUT2D eigenvalue weighted by Gasteiger charge is -2.01. The van der Waals surface area contributed by atoms with Crippen molar-refractivity contribution in [1.82, 2.24) is 0 Å². The highest BCUT2D eigenvalue weighted by atomic mass is 16.4. The molecular formula is C9H8O6. The Morgan fingerprint density at radius 1 is 0.867 bits per heavy atom. The molecule has 0 amide bonds. The van der Waals surface area contributed by atoms with Crippen LogP contribution in [0.25, 0.3) is 0 Å². The van der Waals surface area contributed by atoms with Crippen molar-refractivity contribution >= 4 is 17.9 Å². The summed E-state index contributed by atoms with van der Waals surface area (Å²) >= 11 is 0. The van der Waals surface area contributed by atoms with E-state index in [-0.39, 0.29) is 0 Å². The van der Waals surface area contributed by atoms with Gasteiger partial charge in [0.2, 0.25) is 0 Å². The summed E-state index contributed by atoms with van der Waals surface area (Å²) in [5.74, 6) is -4.56. The fourth-order valence-electron chi connectivity index (χ4n) is 0.629. The quantitative estimate of drug-likeness (QED) is 0.445. The van der Waals surface area contributed by atoms with E-state index in [4.69, 9.17) is 15.3 Å². The monoisotopic (exact) mass is 212 g/mol. The van der Waals surface area contributed by atoms with Crippen LogP contribution in [0.15, 0.2) is 36.0 Å². The molecular weight excluding hydrogens is 204 g/mol. The number of carboxylic acids is 3. The van der Waals surface area contributed by atoms with E-state index in [1.165, 1.54) is 0 Å². The largest absolute Gasteiger partial charge is 0.478 e. The van der Waals surface area contributed by atoms with Crippen molar-refractivity contribution in [3.8, 4) is 0 Å². The molecule has 0 aromatic carbocycles. The number of hydrogen-bond acceptors (Lipinski definition) is 3. The molecule has 80 valence electrons. The number of rotatable bonds is 5. The topological polar surface area (TPSA) is 112 Å². The summed E-state index contributed by atoms with van der Waals surface area (Å²) in [4.78, 5) is 31.3. The Morgan fingerprint density at radius 3 is 1.60 bits per heavy atom. The second-order valence-corrected chi connectivity index (χ2v) is 2.48. The summed E-state index contributed by atoms with van der Waals surface area (Å²) in [6.45, 7) is 6.05. The first-order valence-electron chi connectivity index (χ1n) is 3.57. The lowest BCUT2D eigenvalue weighted by atomic mass is 10.1. The highest BCUT2D eigenvalue weighted by Crippen LogP contribution is 2.11. The van der Waals surface area contributed by atoms with Crippen LogP contribution in [0.5, 0.6) is 0 Å². The van der Waals surface area contributed by atoms with Gasteiger partial charge in [-0.05, 0) is 6.08 Å². The molecule has 0 spiro atoms. The van der Waals surface area contributed by atoms with Crippen LogP contribution in [-0.4, -0.2) is 33.2 Å². The first kappa shape index (κ1) is 12.6. The average Bonchev–Trinajstić information content (AvgIpc) is 2.11. The minimum absolute atomic E-state index is 0.533. The van der Waals surface area contributed by atoms with Crippen molar-refractivity contribution < 1.29 is 29.7 Å². The lowest BCUT2D eigenvalue weighted by Crippen LogP contribution is -2.11. The van der Waals surface area contributed by atoms with Crippen LogP contribution in [-0.2, 0) is 14.4 Å². The van der Waals surface area contributed by atoms with E-state index in [1.54, 1.807) is 0 Å². The van der Waals surface area contributed by atoms with Gasteiger partial charge < -0.3 is 15.3 Å². The molecule has 0 saturated heterocycles. The van der Waals surface area contributed by atoms with Crippen LogP contribution < -0.4 is 0 Å². The highest BCUT2D eigenvalue weighted by molar-refractivity contribution is 6.06. The summed E-state index contributed by atoms with van der Waals surface area (Å²) in [7, 11) is 0. The van der Waals surface area contributed by atoms with Gasteiger partial charge in [-0.15, -0.1) is 0 Å². The first-order valence-corrected chi connectivity index (χ1v) is 3.57. The predicted molar refractivity (Wildman–Crippen MR) is 49.3 cm³/mol. The van der Waals surface area contributed by atoms with Gasteiger partial charge in [0.1, 0.15) is 0 Å². The fraction of sp³-hybridized carbons (Fsp3) is 0. The molecule has 0 aliphatic carbocycles. The molecule has 6 nitrogen and oxygen atoms in total. The van der Waals surface area contributed by atoms with Gasteiger partial charge in [0, 0.05) is 0 Å². The maximum atomic E-state index is 10.6. The molecule has 3 N–H and O–H groups in total. The highest BCUT2D eigenvalue weighted by Gasteiger charge is 2.18. The Bertz CT molecular complexity index is 387. The predicted octanol–water partition coefficient (Wildman–Crippen LogP) is 0.279. The van der Waals surface area contributed by atoms with Crippen molar-refractivity contribution in [3.63, 3.8) is 0 Å². The molecule has 0 aromatic heterocycles.